The molecule has 0 heterocycles. The largest absolute Gasteiger partial charge is 0.325 e. The number of amides is 1. The van der Waals surface area contributed by atoms with E-state index in [-0.39, 0.29) is 11.8 Å². The van der Waals surface area contributed by atoms with Gasteiger partial charge in [0.25, 0.3) is 0 Å². The Kier molecular flexibility index (Phi) is 2.72. The van der Waals surface area contributed by atoms with Crippen LogP contribution in [0.3, 0.4) is 0 Å². The molecule has 0 bridgehead atoms. The van der Waals surface area contributed by atoms with E-state index in [1.165, 1.54) is 0 Å². The van der Waals surface area contributed by atoms with Crippen molar-refractivity contribution in [1.29, 1.82) is 0 Å². The van der Waals surface area contributed by atoms with Gasteiger partial charge in [0.1, 0.15) is 4.33 Å². The van der Waals surface area contributed by atoms with Gasteiger partial charge in [-0.15, -0.1) is 23.2 Å². The first-order chi connectivity index (χ1) is 8.58. The van der Waals surface area contributed by atoms with Crippen molar-refractivity contribution in [3.8, 4) is 0 Å². The molecule has 1 unspecified atom stereocenters. The van der Waals surface area contributed by atoms with Gasteiger partial charge in [-0.25, -0.2) is 0 Å². The molecule has 1 atom stereocenters. The maximum absolute atomic E-state index is 12.0. The van der Waals surface area contributed by atoms with Crippen molar-refractivity contribution in [2.24, 2.45) is 5.92 Å². The van der Waals surface area contributed by atoms with Crippen LogP contribution >= 0.6 is 23.2 Å². The number of hydrogen-bond acceptors (Lipinski definition) is 1. The van der Waals surface area contributed by atoms with Gasteiger partial charge in [0, 0.05) is 11.1 Å². The van der Waals surface area contributed by atoms with E-state index in [0.717, 1.165) is 16.5 Å². The molecule has 0 aromatic heterocycles. The average molecular weight is 280 g/mol. The summed E-state index contributed by atoms with van der Waals surface area (Å²) in [5.41, 5.74) is 0.800. The molecule has 4 heteroatoms. The second-order valence-electron chi connectivity index (χ2n) is 4.53. The van der Waals surface area contributed by atoms with Crippen LogP contribution in [-0.4, -0.2) is 10.2 Å². The van der Waals surface area contributed by atoms with Gasteiger partial charge in [-0.2, -0.15) is 0 Å². The third-order valence-corrected chi connectivity index (χ3v) is 4.03. The molecule has 2 aromatic rings. The summed E-state index contributed by atoms with van der Waals surface area (Å²) in [7, 11) is 0. The number of fused-ring (bicyclic) bond motifs is 1. The Morgan fingerprint density at radius 2 is 1.83 bits per heavy atom. The first-order valence-electron chi connectivity index (χ1n) is 5.74. The van der Waals surface area contributed by atoms with E-state index in [2.05, 4.69) is 5.32 Å². The maximum atomic E-state index is 12.0. The van der Waals surface area contributed by atoms with Gasteiger partial charge in [-0.3, -0.25) is 4.79 Å². The summed E-state index contributed by atoms with van der Waals surface area (Å²) < 4.78 is -0.880. The lowest BCUT2D eigenvalue weighted by molar-refractivity contribution is -0.117. The van der Waals surface area contributed by atoms with E-state index < -0.39 is 4.33 Å². The Morgan fingerprint density at radius 3 is 2.56 bits per heavy atom. The first-order valence-corrected chi connectivity index (χ1v) is 6.50. The van der Waals surface area contributed by atoms with E-state index >= 15 is 0 Å². The molecular formula is C14H11Cl2NO. The highest BCUT2D eigenvalue weighted by Crippen LogP contribution is 2.53. The Hall–Kier alpha value is -1.25. The van der Waals surface area contributed by atoms with E-state index in [1.54, 1.807) is 0 Å². The molecule has 0 saturated heterocycles. The minimum Gasteiger partial charge on any atom is -0.325 e. The van der Waals surface area contributed by atoms with Gasteiger partial charge in [-0.1, -0.05) is 36.4 Å². The van der Waals surface area contributed by atoms with Gasteiger partial charge >= 0.3 is 0 Å². The minimum atomic E-state index is -0.880. The van der Waals surface area contributed by atoms with Gasteiger partial charge in [-0.05, 0) is 17.9 Å². The Bertz CT molecular complexity index is 619. The van der Waals surface area contributed by atoms with Crippen LogP contribution in [0, 0.1) is 5.92 Å². The van der Waals surface area contributed by atoms with Gasteiger partial charge in [0.05, 0.1) is 5.92 Å². The number of hydrogen-bond donors (Lipinski definition) is 1. The standard InChI is InChI=1S/C14H11Cl2NO/c15-14(16)8-11(14)13(18)17-12-7-3-5-9-4-1-2-6-10(9)12/h1-7,11H,8H2,(H,17,18). The SMILES string of the molecule is O=C(Nc1cccc2ccccc12)C1CC1(Cl)Cl. The molecule has 1 aliphatic carbocycles. The third kappa shape index (κ3) is 2.06. The van der Waals surface area contributed by atoms with Crippen molar-refractivity contribution in [1.82, 2.24) is 0 Å². The van der Waals surface area contributed by atoms with Gasteiger partial charge < -0.3 is 5.32 Å². The zero-order chi connectivity index (χ0) is 12.8. The fraction of sp³-hybridized carbons (Fsp3) is 0.214. The Balaban J connectivity index is 1.89. The Labute approximate surface area is 115 Å². The molecule has 1 saturated carbocycles. The quantitative estimate of drug-likeness (QED) is 0.828. The third-order valence-electron chi connectivity index (χ3n) is 3.19. The lowest BCUT2D eigenvalue weighted by Gasteiger charge is -2.08. The maximum Gasteiger partial charge on any atom is 0.230 e. The predicted molar refractivity (Wildman–Crippen MR) is 75.1 cm³/mol. The first kappa shape index (κ1) is 11.8. The predicted octanol–water partition coefficient (Wildman–Crippen LogP) is 3.97. The number of rotatable bonds is 2. The summed E-state index contributed by atoms with van der Waals surface area (Å²) in [5.74, 6) is -0.420. The normalized spacial score (nSPS) is 20.7. The number of carbonyl (C=O) groups excluding carboxylic acids is 1. The summed E-state index contributed by atoms with van der Waals surface area (Å²) >= 11 is 11.8. The fourth-order valence-electron chi connectivity index (χ4n) is 2.05. The summed E-state index contributed by atoms with van der Waals surface area (Å²) in [6, 6.07) is 13.7. The molecule has 1 N–H and O–H groups in total. The summed E-state index contributed by atoms with van der Waals surface area (Å²) in [6.07, 6.45) is 0.521. The fourth-order valence-corrected chi connectivity index (χ4v) is 2.56. The summed E-state index contributed by atoms with van der Waals surface area (Å²) in [6.45, 7) is 0. The van der Waals surface area contributed by atoms with Crippen LogP contribution in [0.2, 0.25) is 0 Å². The lowest BCUT2D eigenvalue weighted by atomic mass is 10.1. The van der Waals surface area contributed by atoms with Crippen LogP contribution in [0.25, 0.3) is 10.8 Å². The van der Waals surface area contributed by atoms with Crippen LogP contribution < -0.4 is 5.32 Å². The zero-order valence-electron chi connectivity index (χ0n) is 9.49. The Morgan fingerprint density at radius 1 is 1.17 bits per heavy atom. The van der Waals surface area contributed by atoms with Crippen LogP contribution in [0.15, 0.2) is 42.5 Å². The molecule has 0 spiro atoms. The zero-order valence-corrected chi connectivity index (χ0v) is 11.0. The second kappa shape index (κ2) is 4.15. The highest BCUT2D eigenvalue weighted by molar-refractivity contribution is 6.52. The molecule has 3 rings (SSSR count). The highest BCUT2D eigenvalue weighted by Gasteiger charge is 2.56. The minimum absolute atomic E-state index is 0.114. The van der Waals surface area contributed by atoms with E-state index in [1.807, 2.05) is 42.5 Å². The number of alkyl halides is 2. The van der Waals surface area contributed by atoms with Crippen molar-refractivity contribution in [2.45, 2.75) is 10.8 Å². The number of carbonyl (C=O) groups is 1. The number of nitrogens with one attached hydrogen (secondary N) is 1. The lowest BCUT2D eigenvalue weighted by Crippen LogP contribution is -2.16. The van der Waals surface area contributed by atoms with Crippen molar-refractivity contribution >= 4 is 45.6 Å². The average Bonchev–Trinajstić information content (AvgIpc) is 2.99. The molecule has 0 radical (unpaired) electrons. The molecule has 2 nitrogen and oxygen atoms in total. The van der Waals surface area contributed by atoms with Crippen molar-refractivity contribution in [2.75, 3.05) is 5.32 Å². The highest BCUT2D eigenvalue weighted by atomic mass is 35.5. The van der Waals surface area contributed by atoms with Gasteiger partial charge in [0.2, 0.25) is 5.91 Å². The van der Waals surface area contributed by atoms with Crippen LogP contribution in [0.4, 0.5) is 5.69 Å². The van der Waals surface area contributed by atoms with Crippen molar-refractivity contribution in [3.05, 3.63) is 42.5 Å². The van der Waals surface area contributed by atoms with E-state index in [0.29, 0.717) is 6.42 Å². The second-order valence-corrected chi connectivity index (χ2v) is 6.08. The van der Waals surface area contributed by atoms with Crippen LogP contribution in [0.1, 0.15) is 6.42 Å². The monoisotopic (exact) mass is 279 g/mol. The van der Waals surface area contributed by atoms with E-state index in [9.17, 15) is 4.79 Å². The molecule has 1 fully saturated rings. The summed E-state index contributed by atoms with van der Waals surface area (Å²) in [5, 5.41) is 5.00. The topological polar surface area (TPSA) is 29.1 Å². The molecule has 18 heavy (non-hydrogen) atoms. The molecule has 92 valence electrons. The van der Waals surface area contributed by atoms with Crippen LogP contribution in [0.5, 0.6) is 0 Å². The van der Waals surface area contributed by atoms with E-state index in [4.69, 9.17) is 23.2 Å². The smallest absolute Gasteiger partial charge is 0.230 e. The van der Waals surface area contributed by atoms with Crippen molar-refractivity contribution < 1.29 is 4.79 Å². The molecule has 0 aliphatic heterocycles. The van der Waals surface area contributed by atoms with Gasteiger partial charge in [0.15, 0.2) is 0 Å². The number of anilines is 1. The van der Waals surface area contributed by atoms with Crippen molar-refractivity contribution in [3.63, 3.8) is 0 Å². The molecular weight excluding hydrogens is 269 g/mol. The number of halogens is 2. The molecule has 1 amide bonds. The number of benzene rings is 2. The molecule has 2 aromatic carbocycles. The summed E-state index contributed by atoms with van der Waals surface area (Å²) in [4.78, 5) is 12.0. The van der Waals surface area contributed by atoms with Crippen LogP contribution in [-0.2, 0) is 4.79 Å². The molecule has 1 aliphatic rings.